The summed E-state index contributed by atoms with van der Waals surface area (Å²) < 4.78 is 4.52. The number of benzene rings is 8. The van der Waals surface area contributed by atoms with E-state index in [1.807, 2.05) is 24.4 Å². The molecule has 0 spiro atoms. The van der Waals surface area contributed by atoms with Gasteiger partial charge in [0.2, 0.25) is 0 Å². The average Bonchev–Trinajstić information content (AvgIpc) is 3.88. The summed E-state index contributed by atoms with van der Waals surface area (Å²) in [5.74, 6) is 0.837. The van der Waals surface area contributed by atoms with E-state index in [1.54, 1.807) is 6.07 Å². The molecule has 0 aliphatic heterocycles. The molecule has 5 heteroatoms. The van der Waals surface area contributed by atoms with Crippen molar-refractivity contribution in [2.45, 2.75) is 26.2 Å². The largest absolute Gasteiger partial charge is 0.507 e. The maximum atomic E-state index is 11.5. The van der Waals surface area contributed by atoms with Crippen LogP contribution in [0.25, 0.3) is 100 Å². The van der Waals surface area contributed by atoms with Crippen molar-refractivity contribution in [1.29, 1.82) is 0 Å². The summed E-state index contributed by atoms with van der Waals surface area (Å²) in [7, 11) is 0. The Hall–Kier alpha value is -8.02. The van der Waals surface area contributed by atoms with Crippen LogP contribution in [0.2, 0.25) is 0 Å². The van der Waals surface area contributed by atoms with Gasteiger partial charge in [0.15, 0.2) is 0 Å². The Morgan fingerprint density at radius 3 is 1.84 bits per heavy atom. The molecular formula is C58H44N4O. The van der Waals surface area contributed by atoms with E-state index >= 15 is 0 Å². The summed E-state index contributed by atoms with van der Waals surface area (Å²) in [5.41, 5.74) is 16.2. The first-order valence-electron chi connectivity index (χ1n) is 21.5. The van der Waals surface area contributed by atoms with Crippen LogP contribution in [0.1, 0.15) is 26.3 Å². The van der Waals surface area contributed by atoms with Gasteiger partial charge in [0.25, 0.3) is 0 Å². The van der Waals surface area contributed by atoms with Crippen LogP contribution in [0.5, 0.6) is 5.75 Å². The molecule has 0 saturated carbocycles. The molecule has 0 atom stereocenters. The molecule has 0 aliphatic carbocycles. The van der Waals surface area contributed by atoms with Crippen LogP contribution in [0.3, 0.4) is 0 Å². The Bertz CT molecular complexity index is 3490. The molecule has 0 fully saturated rings. The van der Waals surface area contributed by atoms with Gasteiger partial charge in [0.05, 0.1) is 45.2 Å². The lowest BCUT2D eigenvalue weighted by Crippen LogP contribution is -2.12. The number of aromatic hydroxyl groups is 1. The number of imidazole rings is 1. The maximum absolute atomic E-state index is 11.5. The van der Waals surface area contributed by atoms with Gasteiger partial charge in [-0.1, -0.05) is 148 Å². The SMILES string of the molecule is CC(C)(C)c1ccc(-n2c(-c3ccccc3O)nc3c(-c4cc(-c5ccccc5)cc(-c5cc6c7ccccc7n(-c7ccccc7)c6cn5)c4)cccc32)c(-c2ccccc2)c1. The van der Waals surface area contributed by atoms with E-state index in [4.69, 9.17) is 9.97 Å². The molecule has 0 unspecified atom stereocenters. The fourth-order valence-electron chi connectivity index (χ4n) is 9.08. The minimum Gasteiger partial charge on any atom is -0.507 e. The number of fused-ring (bicyclic) bond motifs is 4. The molecule has 3 aromatic heterocycles. The average molecular weight is 813 g/mol. The normalized spacial score (nSPS) is 11.8. The number of rotatable bonds is 7. The molecule has 0 aliphatic rings. The second-order valence-corrected chi connectivity index (χ2v) is 17.2. The Balaban J connectivity index is 1.16. The van der Waals surface area contributed by atoms with E-state index in [1.165, 1.54) is 10.9 Å². The molecule has 8 aromatic carbocycles. The molecular weight excluding hydrogens is 769 g/mol. The number of phenolic OH excluding ortho intramolecular Hbond substituents is 1. The first-order valence-corrected chi connectivity index (χ1v) is 21.5. The first-order chi connectivity index (χ1) is 30.8. The van der Waals surface area contributed by atoms with Crippen molar-refractivity contribution < 1.29 is 5.11 Å². The fourth-order valence-corrected chi connectivity index (χ4v) is 9.08. The monoisotopic (exact) mass is 812 g/mol. The van der Waals surface area contributed by atoms with E-state index in [2.05, 4.69) is 206 Å². The zero-order valence-electron chi connectivity index (χ0n) is 35.4. The molecule has 5 nitrogen and oxygen atoms in total. The minimum absolute atomic E-state index is 0.0629. The van der Waals surface area contributed by atoms with Crippen LogP contribution in [-0.4, -0.2) is 24.2 Å². The van der Waals surface area contributed by atoms with Crippen LogP contribution in [0.4, 0.5) is 0 Å². The van der Waals surface area contributed by atoms with Gasteiger partial charge in [0.1, 0.15) is 11.6 Å². The Labute approximate surface area is 366 Å². The summed E-state index contributed by atoms with van der Waals surface area (Å²) in [6.07, 6.45) is 2.02. The zero-order chi connectivity index (χ0) is 42.7. The molecule has 11 rings (SSSR count). The van der Waals surface area contributed by atoms with Gasteiger partial charge >= 0.3 is 0 Å². The summed E-state index contributed by atoms with van der Waals surface area (Å²) in [6, 6.07) is 69.8. The van der Waals surface area contributed by atoms with Gasteiger partial charge in [-0.3, -0.25) is 9.55 Å². The van der Waals surface area contributed by atoms with Gasteiger partial charge in [-0.25, -0.2) is 4.98 Å². The van der Waals surface area contributed by atoms with Crippen molar-refractivity contribution in [3.05, 3.63) is 212 Å². The van der Waals surface area contributed by atoms with Crippen molar-refractivity contribution in [2.24, 2.45) is 0 Å². The number of phenols is 1. The lowest BCUT2D eigenvalue weighted by molar-refractivity contribution is 0.477. The highest BCUT2D eigenvalue weighted by Crippen LogP contribution is 2.43. The Morgan fingerprint density at radius 1 is 0.444 bits per heavy atom. The smallest absolute Gasteiger partial charge is 0.149 e. The third-order valence-electron chi connectivity index (χ3n) is 12.2. The quantitative estimate of drug-likeness (QED) is 0.174. The van der Waals surface area contributed by atoms with Crippen molar-refractivity contribution in [1.82, 2.24) is 19.1 Å². The van der Waals surface area contributed by atoms with Gasteiger partial charge < -0.3 is 9.67 Å². The second kappa shape index (κ2) is 15.2. The molecule has 0 radical (unpaired) electrons. The van der Waals surface area contributed by atoms with Gasteiger partial charge in [-0.15, -0.1) is 0 Å². The molecule has 63 heavy (non-hydrogen) atoms. The predicted molar refractivity (Wildman–Crippen MR) is 261 cm³/mol. The number of aromatic nitrogens is 4. The van der Waals surface area contributed by atoms with Crippen LogP contribution in [0.15, 0.2) is 206 Å². The number of hydrogen-bond acceptors (Lipinski definition) is 3. The van der Waals surface area contributed by atoms with Gasteiger partial charge in [-0.2, -0.15) is 0 Å². The highest BCUT2D eigenvalue weighted by molar-refractivity contribution is 6.10. The van der Waals surface area contributed by atoms with Crippen LogP contribution < -0.4 is 0 Å². The number of para-hydroxylation sites is 4. The maximum Gasteiger partial charge on any atom is 0.149 e. The Morgan fingerprint density at radius 2 is 1.08 bits per heavy atom. The van der Waals surface area contributed by atoms with Gasteiger partial charge in [0, 0.05) is 33.2 Å². The third kappa shape index (κ3) is 6.66. The minimum atomic E-state index is -0.0629. The van der Waals surface area contributed by atoms with Crippen molar-refractivity contribution in [2.75, 3.05) is 0 Å². The zero-order valence-corrected chi connectivity index (χ0v) is 35.4. The van der Waals surface area contributed by atoms with Crippen molar-refractivity contribution in [3.63, 3.8) is 0 Å². The molecule has 1 N–H and O–H groups in total. The number of pyridine rings is 1. The van der Waals surface area contributed by atoms with E-state index in [9.17, 15) is 5.11 Å². The highest BCUT2D eigenvalue weighted by Gasteiger charge is 2.24. The predicted octanol–water partition coefficient (Wildman–Crippen LogP) is 14.9. The topological polar surface area (TPSA) is 55.9 Å². The summed E-state index contributed by atoms with van der Waals surface area (Å²) in [5, 5.41) is 13.8. The molecule has 0 amide bonds. The lowest BCUT2D eigenvalue weighted by Gasteiger charge is -2.23. The Kier molecular flexibility index (Phi) is 9.13. The van der Waals surface area contributed by atoms with E-state index in [0.29, 0.717) is 11.4 Å². The van der Waals surface area contributed by atoms with E-state index in [-0.39, 0.29) is 11.2 Å². The van der Waals surface area contributed by atoms with Crippen LogP contribution in [-0.2, 0) is 5.41 Å². The van der Waals surface area contributed by atoms with Crippen LogP contribution in [0, 0.1) is 0 Å². The number of nitrogens with zero attached hydrogens (tertiary/aromatic N) is 4. The fraction of sp³-hybridized carbons (Fsp3) is 0.0690. The first kappa shape index (κ1) is 37.9. The summed E-state index contributed by atoms with van der Waals surface area (Å²) in [6.45, 7) is 6.74. The van der Waals surface area contributed by atoms with E-state index < -0.39 is 0 Å². The summed E-state index contributed by atoms with van der Waals surface area (Å²) in [4.78, 5) is 10.7. The van der Waals surface area contributed by atoms with Crippen molar-refractivity contribution >= 4 is 32.8 Å². The van der Waals surface area contributed by atoms with Crippen LogP contribution >= 0.6 is 0 Å². The lowest BCUT2D eigenvalue weighted by atomic mass is 9.85. The second-order valence-electron chi connectivity index (χ2n) is 17.2. The molecule has 0 bridgehead atoms. The standard InChI is InChI=1S/C58H44N4O/c1-58(2,3)43-30-31-52(48(35-43)39-20-9-5-10-21-39)62-53-28-17-26-45(56(53)60-57(62)47-25-14-16-29-55(47)63)41-32-40(38-18-7-4-8-19-38)33-42(34-41)50-36-49-46-24-13-15-27-51(46)61(54(49)37-59-50)44-22-11-6-12-23-44/h4-37,63H,1-3H3. The molecule has 302 valence electrons. The molecule has 11 aromatic rings. The van der Waals surface area contributed by atoms with E-state index in [0.717, 1.165) is 83.5 Å². The number of hydrogen-bond donors (Lipinski definition) is 1. The van der Waals surface area contributed by atoms with Crippen molar-refractivity contribution in [3.8, 4) is 73.2 Å². The molecule has 3 heterocycles. The van der Waals surface area contributed by atoms with Gasteiger partial charge in [-0.05, 0) is 106 Å². The molecule has 0 saturated heterocycles. The highest BCUT2D eigenvalue weighted by atomic mass is 16.3. The third-order valence-corrected chi connectivity index (χ3v) is 12.2. The summed E-state index contributed by atoms with van der Waals surface area (Å²) >= 11 is 0.